The molecular formula is C14H20. The van der Waals surface area contributed by atoms with Crippen molar-refractivity contribution in [2.75, 3.05) is 0 Å². The van der Waals surface area contributed by atoms with Gasteiger partial charge >= 0.3 is 0 Å². The lowest BCUT2D eigenvalue weighted by atomic mass is 9.85. The second-order valence-electron chi connectivity index (χ2n) is 5.60. The Labute approximate surface area is 87.3 Å². The monoisotopic (exact) mass is 188 g/mol. The summed E-state index contributed by atoms with van der Waals surface area (Å²) in [7, 11) is 0. The maximum Gasteiger partial charge on any atom is -0.0132 e. The number of benzene rings is 1. The molecular weight excluding hydrogens is 168 g/mol. The summed E-state index contributed by atoms with van der Waals surface area (Å²) >= 11 is 0. The van der Waals surface area contributed by atoms with Crippen molar-refractivity contribution in [3.63, 3.8) is 0 Å². The summed E-state index contributed by atoms with van der Waals surface area (Å²) in [6.45, 7) is 9.20. The zero-order chi connectivity index (χ0) is 10.3. The van der Waals surface area contributed by atoms with Crippen LogP contribution in [0.2, 0.25) is 0 Å². The van der Waals surface area contributed by atoms with Gasteiger partial charge in [0.2, 0.25) is 0 Å². The molecule has 76 valence electrons. The van der Waals surface area contributed by atoms with Crippen molar-refractivity contribution in [2.24, 2.45) is 0 Å². The summed E-state index contributed by atoms with van der Waals surface area (Å²) in [5.41, 5.74) is 4.94. The van der Waals surface area contributed by atoms with E-state index < -0.39 is 0 Å². The van der Waals surface area contributed by atoms with Crippen LogP contribution in [0.15, 0.2) is 18.2 Å². The van der Waals surface area contributed by atoms with Gasteiger partial charge in [-0.1, -0.05) is 45.9 Å². The number of rotatable bonds is 0. The molecule has 0 unspecified atom stereocenters. The summed E-state index contributed by atoms with van der Waals surface area (Å²) in [4.78, 5) is 0. The Morgan fingerprint density at radius 1 is 1.21 bits per heavy atom. The first kappa shape index (κ1) is 9.76. The Kier molecular flexibility index (Phi) is 2.17. The van der Waals surface area contributed by atoms with Gasteiger partial charge in [-0.05, 0) is 40.9 Å². The zero-order valence-corrected chi connectivity index (χ0v) is 9.72. The average molecular weight is 188 g/mol. The van der Waals surface area contributed by atoms with Gasteiger partial charge in [0.1, 0.15) is 0 Å². The van der Waals surface area contributed by atoms with Gasteiger partial charge < -0.3 is 0 Å². The summed E-state index contributed by atoms with van der Waals surface area (Å²) < 4.78 is 0. The highest BCUT2D eigenvalue weighted by Gasteiger charge is 2.21. The lowest BCUT2D eigenvalue weighted by molar-refractivity contribution is 0.588. The van der Waals surface area contributed by atoms with Gasteiger partial charge in [0.15, 0.2) is 0 Å². The Hall–Kier alpha value is -0.780. The van der Waals surface area contributed by atoms with E-state index in [1.54, 1.807) is 11.1 Å². The van der Waals surface area contributed by atoms with E-state index in [0.717, 1.165) is 5.92 Å². The third-order valence-electron chi connectivity index (χ3n) is 3.39. The summed E-state index contributed by atoms with van der Waals surface area (Å²) in [5.74, 6) is 0.771. The standard InChI is InChI=1S/C14H20/c1-10-5-6-11-7-8-12(9-13(10)11)14(2,3)4/h7-10H,5-6H2,1-4H3/t10-/m1/s1. The highest BCUT2D eigenvalue weighted by atomic mass is 14.3. The molecule has 0 aliphatic heterocycles. The van der Waals surface area contributed by atoms with E-state index in [4.69, 9.17) is 0 Å². The van der Waals surface area contributed by atoms with E-state index in [1.165, 1.54) is 18.4 Å². The molecule has 0 aromatic heterocycles. The average Bonchev–Trinajstić information content (AvgIpc) is 2.46. The van der Waals surface area contributed by atoms with Gasteiger partial charge in [-0.15, -0.1) is 0 Å². The fraction of sp³-hybridized carbons (Fsp3) is 0.571. The molecule has 1 aromatic rings. The molecule has 1 atom stereocenters. The summed E-state index contributed by atoms with van der Waals surface area (Å²) in [6.07, 6.45) is 2.61. The van der Waals surface area contributed by atoms with Crippen LogP contribution < -0.4 is 0 Å². The van der Waals surface area contributed by atoms with E-state index in [-0.39, 0.29) is 5.41 Å². The van der Waals surface area contributed by atoms with Gasteiger partial charge in [-0.3, -0.25) is 0 Å². The number of aryl methyl sites for hydroxylation is 1. The lowest BCUT2D eigenvalue weighted by Gasteiger charge is -2.20. The first-order valence-corrected chi connectivity index (χ1v) is 5.62. The first-order valence-electron chi connectivity index (χ1n) is 5.62. The molecule has 0 amide bonds. The van der Waals surface area contributed by atoms with Crippen LogP contribution in [0.5, 0.6) is 0 Å². The van der Waals surface area contributed by atoms with Crippen LogP contribution in [0.4, 0.5) is 0 Å². The van der Waals surface area contributed by atoms with Crippen LogP contribution >= 0.6 is 0 Å². The van der Waals surface area contributed by atoms with Crippen LogP contribution in [0, 0.1) is 0 Å². The van der Waals surface area contributed by atoms with Crippen molar-refractivity contribution < 1.29 is 0 Å². The minimum absolute atomic E-state index is 0.289. The molecule has 1 aliphatic rings. The van der Waals surface area contributed by atoms with Crippen molar-refractivity contribution in [3.05, 3.63) is 34.9 Å². The third kappa shape index (κ3) is 1.58. The molecule has 0 saturated carbocycles. The molecule has 2 rings (SSSR count). The molecule has 1 aromatic carbocycles. The molecule has 0 bridgehead atoms. The molecule has 0 radical (unpaired) electrons. The summed E-state index contributed by atoms with van der Waals surface area (Å²) in [5, 5.41) is 0. The van der Waals surface area contributed by atoms with Crippen LogP contribution in [0.3, 0.4) is 0 Å². The van der Waals surface area contributed by atoms with Crippen molar-refractivity contribution >= 4 is 0 Å². The topological polar surface area (TPSA) is 0 Å². The molecule has 0 N–H and O–H groups in total. The largest absolute Gasteiger partial charge is 0.0585 e. The maximum atomic E-state index is 2.42. The molecule has 0 saturated heterocycles. The highest BCUT2D eigenvalue weighted by molar-refractivity contribution is 5.40. The fourth-order valence-corrected chi connectivity index (χ4v) is 2.28. The van der Waals surface area contributed by atoms with Gasteiger partial charge in [0.05, 0.1) is 0 Å². The number of fused-ring (bicyclic) bond motifs is 1. The van der Waals surface area contributed by atoms with E-state index >= 15 is 0 Å². The SMILES string of the molecule is C[C@@H]1CCc2ccc(C(C)(C)C)cc21. The minimum atomic E-state index is 0.289. The molecule has 0 heteroatoms. The quantitative estimate of drug-likeness (QED) is 0.576. The van der Waals surface area contributed by atoms with Crippen LogP contribution in [-0.2, 0) is 11.8 Å². The first-order chi connectivity index (χ1) is 6.48. The Morgan fingerprint density at radius 3 is 2.57 bits per heavy atom. The van der Waals surface area contributed by atoms with Gasteiger partial charge in [0, 0.05) is 0 Å². The summed E-state index contributed by atoms with van der Waals surface area (Å²) in [6, 6.07) is 7.06. The second kappa shape index (κ2) is 3.12. The third-order valence-corrected chi connectivity index (χ3v) is 3.39. The second-order valence-corrected chi connectivity index (χ2v) is 5.60. The number of hydrogen-bond acceptors (Lipinski definition) is 0. The molecule has 0 spiro atoms. The van der Waals surface area contributed by atoms with Gasteiger partial charge in [0.25, 0.3) is 0 Å². The fourth-order valence-electron chi connectivity index (χ4n) is 2.28. The molecule has 14 heavy (non-hydrogen) atoms. The lowest BCUT2D eigenvalue weighted by Crippen LogP contribution is -2.11. The minimum Gasteiger partial charge on any atom is -0.0585 e. The van der Waals surface area contributed by atoms with E-state index in [2.05, 4.69) is 45.9 Å². The maximum absolute atomic E-state index is 2.42. The zero-order valence-electron chi connectivity index (χ0n) is 9.72. The molecule has 0 nitrogen and oxygen atoms in total. The Bertz CT molecular complexity index is 342. The predicted octanol–water partition coefficient (Wildman–Crippen LogP) is 4.03. The molecule has 1 aliphatic carbocycles. The van der Waals surface area contributed by atoms with Crippen molar-refractivity contribution in [1.82, 2.24) is 0 Å². The Morgan fingerprint density at radius 2 is 1.93 bits per heavy atom. The van der Waals surface area contributed by atoms with Crippen molar-refractivity contribution in [1.29, 1.82) is 0 Å². The molecule has 0 heterocycles. The molecule has 0 fully saturated rings. The highest BCUT2D eigenvalue weighted by Crippen LogP contribution is 2.35. The normalized spacial score (nSPS) is 21.0. The predicted molar refractivity (Wildman–Crippen MR) is 61.9 cm³/mol. The van der Waals surface area contributed by atoms with Crippen molar-refractivity contribution in [2.45, 2.75) is 51.9 Å². The van der Waals surface area contributed by atoms with E-state index in [9.17, 15) is 0 Å². The smallest absolute Gasteiger partial charge is 0.0132 e. The van der Waals surface area contributed by atoms with Crippen molar-refractivity contribution in [3.8, 4) is 0 Å². The number of hydrogen-bond donors (Lipinski definition) is 0. The van der Waals surface area contributed by atoms with Crippen LogP contribution in [-0.4, -0.2) is 0 Å². The van der Waals surface area contributed by atoms with Crippen LogP contribution in [0.25, 0.3) is 0 Å². The van der Waals surface area contributed by atoms with E-state index in [1.807, 2.05) is 0 Å². The van der Waals surface area contributed by atoms with Gasteiger partial charge in [-0.25, -0.2) is 0 Å². The Balaban J connectivity index is 2.45. The van der Waals surface area contributed by atoms with Gasteiger partial charge in [-0.2, -0.15) is 0 Å². The van der Waals surface area contributed by atoms with E-state index in [0.29, 0.717) is 0 Å². The van der Waals surface area contributed by atoms with Crippen LogP contribution in [0.1, 0.15) is 56.7 Å².